The lowest BCUT2D eigenvalue weighted by molar-refractivity contribution is 0.864. The molecule has 0 radical (unpaired) electrons. The third kappa shape index (κ3) is 3.15. The molecule has 0 aliphatic rings. The third-order valence-corrected chi connectivity index (χ3v) is 3.46. The normalized spacial score (nSPS) is 10.1. The summed E-state index contributed by atoms with van der Waals surface area (Å²) in [6, 6.07) is 20.2. The van der Waals surface area contributed by atoms with Crippen LogP contribution in [0.4, 0.5) is 5.69 Å². The van der Waals surface area contributed by atoms with Crippen molar-refractivity contribution in [2.75, 3.05) is 5.32 Å². The highest BCUT2D eigenvalue weighted by Gasteiger charge is 2.04. The number of hydrogen-bond acceptors (Lipinski definition) is 3. The average Bonchev–Trinajstić information content (AvgIpc) is 3.09. The fraction of sp³-hybridized carbons (Fsp3) is 0.111. The Balaban J connectivity index is 1.73. The standard InChI is InChI=1S/C18H16N4/c19-11-10-15-6-8-17(9-7-15)20-14-16-4-1-2-5-18(16)22-13-3-12-21-22/h1-9,12-13,20H,10,14H2. The Bertz CT molecular complexity index is 768. The van der Waals surface area contributed by atoms with E-state index >= 15 is 0 Å². The summed E-state index contributed by atoms with van der Waals surface area (Å²) in [4.78, 5) is 0. The van der Waals surface area contributed by atoms with Gasteiger partial charge >= 0.3 is 0 Å². The van der Waals surface area contributed by atoms with E-state index in [2.05, 4.69) is 28.6 Å². The molecule has 2 aromatic carbocycles. The summed E-state index contributed by atoms with van der Waals surface area (Å²) in [6.45, 7) is 0.716. The van der Waals surface area contributed by atoms with Gasteiger partial charge in [-0.1, -0.05) is 30.3 Å². The molecule has 0 spiro atoms. The minimum Gasteiger partial charge on any atom is -0.381 e. The van der Waals surface area contributed by atoms with Gasteiger partial charge in [-0.15, -0.1) is 0 Å². The maximum Gasteiger partial charge on any atom is 0.0695 e. The molecule has 3 aromatic rings. The Morgan fingerprint density at radius 3 is 2.59 bits per heavy atom. The van der Waals surface area contributed by atoms with E-state index < -0.39 is 0 Å². The molecule has 4 heteroatoms. The molecular formula is C18H16N4. The van der Waals surface area contributed by atoms with Gasteiger partial charge in [0.15, 0.2) is 0 Å². The molecular weight excluding hydrogens is 272 g/mol. The van der Waals surface area contributed by atoms with E-state index in [0.717, 1.165) is 16.9 Å². The van der Waals surface area contributed by atoms with E-state index in [1.165, 1.54) is 5.56 Å². The van der Waals surface area contributed by atoms with Crippen molar-refractivity contribution in [3.05, 3.63) is 78.1 Å². The highest BCUT2D eigenvalue weighted by atomic mass is 15.3. The quantitative estimate of drug-likeness (QED) is 0.781. The smallest absolute Gasteiger partial charge is 0.0695 e. The van der Waals surface area contributed by atoms with E-state index in [1.54, 1.807) is 6.20 Å². The highest BCUT2D eigenvalue weighted by Crippen LogP contribution is 2.16. The zero-order valence-corrected chi connectivity index (χ0v) is 12.1. The number of hydrogen-bond donors (Lipinski definition) is 1. The molecule has 1 aromatic heterocycles. The SMILES string of the molecule is N#CCc1ccc(NCc2ccccc2-n2cccn2)cc1. The van der Waals surface area contributed by atoms with Crippen LogP contribution in [0.2, 0.25) is 0 Å². The fourth-order valence-electron chi connectivity index (χ4n) is 2.32. The van der Waals surface area contributed by atoms with Crippen LogP contribution in [0.3, 0.4) is 0 Å². The van der Waals surface area contributed by atoms with Crippen molar-refractivity contribution in [2.45, 2.75) is 13.0 Å². The molecule has 0 unspecified atom stereocenters. The minimum atomic E-state index is 0.447. The molecule has 0 bridgehead atoms. The molecule has 1 N–H and O–H groups in total. The molecule has 0 fully saturated rings. The van der Waals surface area contributed by atoms with Crippen molar-refractivity contribution in [1.29, 1.82) is 5.26 Å². The number of nitrogens with one attached hydrogen (secondary N) is 1. The molecule has 4 nitrogen and oxygen atoms in total. The summed E-state index contributed by atoms with van der Waals surface area (Å²) in [7, 11) is 0. The number of anilines is 1. The average molecular weight is 288 g/mol. The van der Waals surface area contributed by atoms with Crippen LogP contribution >= 0.6 is 0 Å². The Morgan fingerprint density at radius 1 is 1.05 bits per heavy atom. The number of aromatic nitrogens is 2. The van der Waals surface area contributed by atoms with E-state index in [1.807, 2.05) is 53.3 Å². The summed E-state index contributed by atoms with van der Waals surface area (Å²) in [5, 5.41) is 16.4. The van der Waals surface area contributed by atoms with Gasteiger partial charge in [-0.2, -0.15) is 10.4 Å². The van der Waals surface area contributed by atoms with Crippen LogP contribution in [-0.2, 0) is 13.0 Å². The van der Waals surface area contributed by atoms with Gasteiger partial charge in [-0.25, -0.2) is 4.68 Å². The van der Waals surface area contributed by atoms with E-state index in [9.17, 15) is 0 Å². The molecule has 3 rings (SSSR count). The van der Waals surface area contributed by atoms with Crippen molar-refractivity contribution in [2.24, 2.45) is 0 Å². The molecule has 22 heavy (non-hydrogen) atoms. The molecule has 0 saturated heterocycles. The molecule has 0 atom stereocenters. The van der Waals surface area contributed by atoms with Gasteiger partial charge in [0.2, 0.25) is 0 Å². The lowest BCUT2D eigenvalue weighted by atomic mass is 10.1. The van der Waals surface area contributed by atoms with Crippen molar-refractivity contribution in [1.82, 2.24) is 9.78 Å². The summed E-state index contributed by atoms with van der Waals surface area (Å²) < 4.78 is 1.87. The lowest BCUT2D eigenvalue weighted by Gasteiger charge is -2.11. The van der Waals surface area contributed by atoms with Crippen molar-refractivity contribution in [3.63, 3.8) is 0 Å². The first-order chi connectivity index (χ1) is 10.9. The van der Waals surface area contributed by atoms with E-state index in [0.29, 0.717) is 13.0 Å². The second kappa shape index (κ2) is 6.59. The summed E-state index contributed by atoms with van der Waals surface area (Å²) in [5.74, 6) is 0. The number of nitriles is 1. The van der Waals surface area contributed by atoms with E-state index in [-0.39, 0.29) is 0 Å². The molecule has 0 aliphatic carbocycles. The van der Waals surface area contributed by atoms with Crippen LogP contribution < -0.4 is 5.32 Å². The summed E-state index contributed by atoms with van der Waals surface area (Å²) in [6.07, 6.45) is 4.16. The van der Waals surface area contributed by atoms with Gasteiger partial charge < -0.3 is 5.32 Å². The first kappa shape index (κ1) is 13.9. The van der Waals surface area contributed by atoms with Gasteiger partial charge in [0, 0.05) is 24.6 Å². The minimum absolute atomic E-state index is 0.447. The van der Waals surface area contributed by atoms with Crippen molar-refractivity contribution < 1.29 is 0 Å². The predicted molar refractivity (Wildman–Crippen MR) is 86.6 cm³/mol. The van der Waals surface area contributed by atoms with Crippen LogP contribution in [-0.4, -0.2) is 9.78 Å². The first-order valence-electron chi connectivity index (χ1n) is 7.14. The second-order valence-electron chi connectivity index (χ2n) is 4.96. The van der Waals surface area contributed by atoms with Crippen LogP contribution in [0.1, 0.15) is 11.1 Å². The zero-order chi connectivity index (χ0) is 15.2. The highest BCUT2D eigenvalue weighted by molar-refractivity contribution is 5.48. The maximum absolute atomic E-state index is 8.69. The largest absolute Gasteiger partial charge is 0.381 e. The number of rotatable bonds is 5. The van der Waals surface area contributed by atoms with Gasteiger partial charge in [0.25, 0.3) is 0 Å². The maximum atomic E-state index is 8.69. The Hall–Kier alpha value is -3.06. The van der Waals surface area contributed by atoms with Crippen LogP contribution in [0.25, 0.3) is 5.69 Å². The Kier molecular flexibility index (Phi) is 4.17. The second-order valence-corrected chi connectivity index (χ2v) is 4.96. The lowest BCUT2D eigenvalue weighted by Crippen LogP contribution is -2.05. The fourth-order valence-corrected chi connectivity index (χ4v) is 2.32. The van der Waals surface area contributed by atoms with Crippen LogP contribution in [0.5, 0.6) is 0 Å². The first-order valence-corrected chi connectivity index (χ1v) is 7.14. The molecule has 0 amide bonds. The molecule has 108 valence electrons. The molecule has 0 saturated carbocycles. The Morgan fingerprint density at radius 2 is 1.86 bits per heavy atom. The van der Waals surface area contributed by atoms with Gasteiger partial charge in [-0.05, 0) is 35.4 Å². The summed E-state index contributed by atoms with van der Waals surface area (Å²) in [5.41, 5.74) is 4.32. The van der Waals surface area contributed by atoms with Gasteiger partial charge in [0.1, 0.15) is 0 Å². The monoisotopic (exact) mass is 288 g/mol. The number of para-hydroxylation sites is 1. The van der Waals surface area contributed by atoms with Gasteiger partial charge in [-0.3, -0.25) is 0 Å². The molecule has 1 heterocycles. The van der Waals surface area contributed by atoms with E-state index in [4.69, 9.17) is 5.26 Å². The number of nitrogens with zero attached hydrogens (tertiary/aromatic N) is 3. The summed E-state index contributed by atoms with van der Waals surface area (Å²) >= 11 is 0. The topological polar surface area (TPSA) is 53.6 Å². The van der Waals surface area contributed by atoms with Gasteiger partial charge in [0.05, 0.1) is 18.2 Å². The predicted octanol–water partition coefficient (Wildman–Crippen LogP) is 3.55. The van der Waals surface area contributed by atoms with Crippen LogP contribution in [0, 0.1) is 11.3 Å². The van der Waals surface area contributed by atoms with Crippen molar-refractivity contribution in [3.8, 4) is 11.8 Å². The third-order valence-electron chi connectivity index (χ3n) is 3.46. The number of benzene rings is 2. The molecule has 0 aliphatic heterocycles. The van der Waals surface area contributed by atoms with Crippen molar-refractivity contribution >= 4 is 5.69 Å². The Labute approximate surface area is 129 Å². The van der Waals surface area contributed by atoms with Crippen LogP contribution in [0.15, 0.2) is 67.0 Å². The zero-order valence-electron chi connectivity index (χ0n) is 12.1.